The summed E-state index contributed by atoms with van der Waals surface area (Å²) < 4.78 is 0. The van der Waals surface area contributed by atoms with Crippen molar-refractivity contribution in [3.63, 3.8) is 0 Å². The number of benzene rings is 1. The topological polar surface area (TPSA) is 44.4 Å². The van der Waals surface area contributed by atoms with Crippen molar-refractivity contribution in [2.75, 3.05) is 27.2 Å². The molecule has 2 rings (SSSR count). The van der Waals surface area contributed by atoms with E-state index in [4.69, 9.17) is 0 Å². The van der Waals surface area contributed by atoms with Crippen LogP contribution in [0, 0.1) is 5.92 Å². The van der Waals surface area contributed by atoms with Crippen molar-refractivity contribution in [1.82, 2.24) is 15.5 Å². The smallest absolute Gasteiger partial charge is 0.251 e. The summed E-state index contributed by atoms with van der Waals surface area (Å²) in [6.45, 7) is 4.97. The molecule has 1 saturated heterocycles. The Morgan fingerprint density at radius 2 is 2.25 bits per heavy atom. The Balaban J connectivity index is 2.01. The number of nitrogens with one attached hydrogen (secondary N) is 2. The van der Waals surface area contributed by atoms with Gasteiger partial charge >= 0.3 is 0 Å². The van der Waals surface area contributed by atoms with E-state index in [1.54, 1.807) is 0 Å². The molecule has 2 N–H and O–H groups in total. The van der Waals surface area contributed by atoms with E-state index in [0.717, 1.165) is 37.2 Å². The highest BCUT2D eigenvalue weighted by Crippen LogP contribution is 2.13. The molecule has 1 heterocycles. The molecule has 0 aliphatic carbocycles. The lowest BCUT2D eigenvalue weighted by molar-refractivity contribution is 0.0915. The molecule has 1 fully saturated rings. The molecule has 2 unspecified atom stereocenters. The molecule has 0 radical (unpaired) electrons. The molecule has 0 bridgehead atoms. The molecular weight excluding hydrogens is 250 g/mol. The summed E-state index contributed by atoms with van der Waals surface area (Å²) in [6, 6.07) is 8.11. The van der Waals surface area contributed by atoms with E-state index in [1.165, 1.54) is 0 Å². The molecule has 1 aromatic carbocycles. The van der Waals surface area contributed by atoms with Gasteiger partial charge in [0.1, 0.15) is 0 Å². The van der Waals surface area contributed by atoms with E-state index >= 15 is 0 Å². The second kappa shape index (κ2) is 6.86. The summed E-state index contributed by atoms with van der Waals surface area (Å²) in [6.07, 6.45) is 1.12. The van der Waals surface area contributed by atoms with Crippen molar-refractivity contribution >= 4 is 5.91 Å². The lowest BCUT2D eigenvalue weighted by Crippen LogP contribution is -2.50. The van der Waals surface area contributed by atoms with Gasteiger partial charge in [0.05, 0.1) is 0 Å². The van der Waals surface area contributed by atoms with Crippen molar-refractivity contribution < 1.29 is 4.79 Å². The van der Waals surface area contributed by atoms with E-state index in [2.05, 4.69) is 28.5 Å². The van der Waals surface area contributed by atoms with Gasteiger partial charge in [-0.1, -0.05) is 19.1 Å². The Hall–Kier alpha value is -1.39. The summed E-state index contributed by atoms with van der Waals surface area (Å²) in [5, 5.41) is 6.49. The predicted molar refractivity (Wildman–Crippen MR) is 81.7 cm³/mol. The third-order valence-corrected chi connectivity index (χ3v) is 3.83. The fraction of sp³-hybridized carbons (Fsp3) is 0.562. The molecule has 20 heavy (non-hydrogen) atoms. The molecule has 1 aliphatic rings. The van der Waals surface area contributed by atoms with Gasteiger partial charge in [0.25, 0.3) is 5.91 Å². The average Bonchev–Trinajstić information content (AvgIpc) is 2.41. The molecule has 4 nitrogen and oxygen atoms in total. The largest absolute Gasteiger partial charge is 0.348 e. The number of piperidine rings is 1. The fourth-order valence-corrected chi connectivity index (χ4v) is 2.61. The van der Waals surface area contributed by atoms with Crippen LogP contribution in [0.5, 0.6) is 0 Å². The summed E-state index contributed by atoms with van der Waals surface area (Å²) in [5.41, 5.74) is 1.92. The molecule has 2 atom stereocenters. The van der Waals surface area contributed by atoms with E-state index in [1.807, 2.05) is 32.3 Å². The zero-order valence-corrected chi connectivity index (χ0v) is 12.6. The van der Waals surface area contributed by atoms with Crippen LogP contribution in [0.15, 0.2) is 24.3 Å². The molecule has 0 aromatic heterocycles. The molecule has 1 amide bonds. The number of hydrogen-bond donors (Lipinski definition) is 2. The molecule has 1 aliphatic heterocycles. The number of nitrogens with zero attached hydrogens (tertiary/aromatic N) is 1. The average molecular weight is 275 g/mol. The standard InChI is InChI=1S/C16H25N3O/c1-12-7-8-17-10-15(12)18-16(20)14-6-4-5-13(9-14)11-19(2)3/h4-6,9,12,15,17H,7-8,10-11H2,1-3H3,(H,18,20). The number of amides is 1. The molecular formula is C16H25N3O. The Morgan fingerprint density at radius 3 is 2.95 bits per heavy atom. The van der Waals surface area contributed by atoms with Gasteiger partial charge in [-0.05, 0) is 50.7 Å². The first kappa shape index (κ1) is 15.0. The molecule has 0 spiro atoms. The van der Waals surface area contributed by atoms with Crippen LogP contribution < -0.4 is 10.6 Å². The summed E-state index contributed by atoms with van der Waals surface area (Å²) in [7, 11) is 4.06. The van der Waals surface area contributed by atoms with Gasteiger partial charge < -0.3 is 15.5 Å². The molecule has 110 valence electrons. The zero-order chi connectivity index (χ0) is 14.5. The monoisotopic (exact) mass is 275 g/mol. The van der Waals surface area contributed by atoms with Gasteiger partial charge in [0, 0.05) is 24.7 Å². The minimum atomic E-state index is 0.0335. The van der Waals surface area contributed by atoms with Crippen molar-refractivity contribution in [3.8, 4) is 0 Å². The van der Waals surface area contributed by atoms with Crippen LogP contribution in [-0.2, 0) is 6.54 Å². The van der Waals surface area contributed by atoms with E-state index < -0.39 is 0 Å². The number of rotatable bonds is 4. The van der Waals surface area contributed by atoms with Crippen LogP contribution in [0.1, 0.15) is 29.3 Å². The van der Waals surface area contributed by atoms with Crippen molar-refractivity contribution in [3.05, 3.63) is 35.4 Å². The summed E-state index contributed by atoms with van der Waals surface area (Å²) in [4.78, 5) is 14.4. The van der Waals surface area contributed by atoms with Gasteiger partial charge in [0.2, 0.25) is 0 Å². The summed E-state index contributed by atoms with van der Waals surface area (Å²) in [5.74, 6) is 0.566. The van der Waals surface area contributed by atoms with Crippen molar-refractivity contribution in [1.29, 1.82) is 0 Å². The van der Waals surface area contributed by atoms with E-state index in [0.29, 0.717) is 5.92 Å². The maximum atomic E-state index is 12.3. The van der Waals surface area contributed by atoms with Crippen LogP contribution in [0.4, 0.5) is 0 Å². The second-order valence-corrected chi connectivity index (χ2v) is 5.99. The Labute approximate surface area is 121 Å². The first-order chi connectivity index (χ1) is 9.56. The van der Waals surface area contributed by atoms with Crippen LogP contribution in [0.2, 0.25) is 0 Å². The third-order valence-electron chi connectivity index (χ3n) is 3.83. The van der Waals surface area contributed by atoms with Gasteiger partial charge in [-0.3, -0.25) is 4.79 Å². The minimum absolute atomic E-state index is 0.0335. The highest BCUT2D eigenvalue weighted by atomic mass is 16.1. The third kappa shape index (κ3) is 4.05. The molecule has 0 saturated carbocycles. The maximum Gasteiger partial charge on any atom is 0.251 e. The quantitative estimate of drug-likeness (QED) is 0.875. The second-order valence-electron chi connectivity index (χ2n) is 5.99. The van der Waals surface area contributed by atoms with Gasteiger partial charge in [-0.15, -0.1) is 0 Å². The van der Waals surface area contributed by atoms with Crippen molar-refractivity contribution in [2.24, 2.45) is 5.92 Å². The highest BCUT2D eigenvalue weighted by molar-refractivity contribution is 5.94. The molecule has 1 aromatic rings. The number of carbonyl (C=O) groups is 1. The van der Waals surface area contributed by atoms with Crippen LogP contribution in [0.3, 0.4) is 0 Å². The minimum Gasteiger partial charge on any atom is -0.348 e. The van der Waals surface area contributed by atoms with Crippen LogP contribution in [0.25, 0.3) is 0 Å². The highest BCUT2D eigenvalue weighted by Gasteiger charge is 2.23. The van der Waals surface area contributed by atoms with Crippen molar-refractivity contribution in [2.45, 2.75) is 25.9 Å². The molecule has 4 heteroatoms. The number of carbonyl (C=O) groups excluding carboxylic acids is 1. The van der Waals surface area contributed by atoms with E-state index in [-0.39, 0.29) is 11.9 Å². The maximum absolute atomic E-state index is 12.3. The van der Waals surface area contributed by atoms with Crippen LogP contribution >= 0.6 is 0 Å². The SMILES string of the molecule is CC1CCNCC1NC(=O)c1cccc(CN(C)C)c1. The number of hydrogen-bond acceptors (Lipinski definition) is 3. The van der Waals surface area contributed by atoms with Crippen LogP contribution in [-0.4, -0.2) is 44.0 Å². The lowest BCUT2D eigenvalue weighted by Gasteiger charge is -2.30. The first-order valence-corrected chi connectivity index (χ1v) is 7.31. The zero-order valence-electron chi connectivity index (χ0n) is 12.6. The first-order valence-electron chi connectivity index (χ1n) is 7.31. The van der Waals surface area contributed by atoms with E-state index in [9.17, 15) is 4.79 Å². The summed E-state index contributed by atoms with van der Waals surface area (Å²) >= 11 is 0. The fourth-order valence-electron chi connectivity index (χ4n) is 2.61. The predicted octanol–water partition coefficient (Wildman–Crippen LogP) is 1.48. The Kier molecular flexibility index (Phi) is 5.15. The lowest BCUT2D eigenvalue weighted by atomic mass is 9.94. The van der Waals surface area contributed by atoms with Gasteiger partial charge in [0.15, 0.2) is 0 Å². The van der Waals surface area contributed by atoms with Gasteiger partial charge in [-0.2, -0.15) is 0 Å². The Bertz CT molecular complexity index is 459. The normalized spacial score (nSPS) is 22.8. The Morgan fingerprint density at radius 1 is 1.45 bits per heavy atom. The van der Waals surface area contributed by atoms with Gasteiger partial charge in [-0.25, -0.2) is 0 Å².